The van der Waals surface area contributed by atoms with Crippen LogP contribution in [0, 0.1) is 6.92 Å². The van der Waals surface area contributed by atoms with Gasteiger partial charge >= 0.3 is 5.97 Å². The number of hydrogen-bond acceptors (Lipinski definition) is 2. The number of rotatable bonds is 3. The quantitative estimate of drug-likeness (QED) is 0.797. The van der Waals surface area contributed by atoms with Gasteiger partial charge in [-0.05, 0) is 31.2 Å². The van der Waals surface area contributed by atoms with E-state index in [0.717, 1.165) is 22.6 Å². The van der Waals surface area contributed by atoms with Gasteiger partial charge in [-0.2, -0.15) is 5.10 Å². The van der Waals surface area contributed by atoms with Gasteiger partial charge in [0, 0.05) is 5.56 Å². The van der Waals surface area contributed by atoms with Crippen molar-refractivity contribution in [3.63, 3.8) is 0 Å². The topological polar surface area (TPSA) is 55.1 Å². The second-order valence-corrected chi connectivity index (χ2v) is 4.80. The normalized spacial score (nSPS) is 10.5. The van der Waals surface area contributed by atoms with E-state index in [1.807, 2.05) is 49.4 Å². The Morgan fingerprint density at radius 3 is 2.52 bits per heavy atom. The number of benzene rings is 2. The predicted molar refractivity (Wildman–Crippen MR) is 80.7 cm³/mol. The van der Waals surface area contributed by atoms with Crippen LogP contribution in [0.5, 0.6) is 0 Å². The Bertz CT molecular complexity index is 792. The third-order valence-electron chi connectivity index (χ3n) is 3.24. The molecule has 0 radical (unpaired) electrons. The number of carboxylic acid groups (broad SMARTS) is 1. The maximum atomic E-state index is 11.1. The van der Waals surface area contributed by atoms with Crippen LogP contribution in [0.1, 0.15) is 16.1 Å². The molecule has 0 atom stereocenters. The number of carbonyl (C=O) groups is 1. The van der Waals surface area contributed by atoms with Gasteiger partial charge in [0.05, 0.1) is 22.6 Å². The van der Waals surface area contributed by atoms with E-state index in [0.29, 0.717) is 0 Å². The maximum Gasteiger partial charge on any atom is 0.335 e. The summed E-state index contributed by atoms with van der Waals surface area (Å²) in [4.78, 5) is 11.1. The molecule has 3 aromatic rings. The van der Waals surface area contributed by atoms with Gasteiger partial charge < -0.3 is 5.11 Å². The zero-order valence-corrected chi connectivity index (χ0v) is 11.5. The van der Waals surface area contributed by atoms with Gasteiger partial charge in [-0.1, -0.05) is 36.4 Å². The fourth-order valence-corrected chi connectivity index (χ4v) is 2.28. The molecule has 104 valence electrons. The highest BCUT2D eigenvalue weighted by Crippen LogP contribution is 2.24. The Kier molecular flexibility index (Phi) is 3.28. The van der Waals surface area contributed by atoms with Crippen molar-refractivity contribution in [3.8, 4) is 16.9 Å². The summed E-state index contributed by atoms with van der Waals surface area (Å²) in [5, 5.41) is 13.6. The zero-order chi connectivity index (χ0) is 14.8. The van der Waals surface area contributed by atoms with Gasteiger partial charge in [0.1, 0.15) is 0 Å². The molecule has 3 rings (SSSR count). The third-order valence-corrected chi connectivity index (χ3v) is 3.24. The highest BCUT2D eigenvalue weighted by Gasteiger charge is 2.11. The van der Waals surface area contributed by atoms with Crippen LogP contribution < -0.4 is 0 Å². The number of hydrogen-bond donors (Lipinski definition) is 1. The Hall–Kier alpha value is -2.88. The summed E-state index contributed by atoms with van der Waals surface area (Å²) in [6.45, 7) is 1.92. The van der Waals surface area contributed by atoms with Crippen molar-refractivity contribution in [2.45, 2.75) is 6.92 Å². The van der Waals surface area contributed by atoms with Crippen molar-refractivity contribution in [2.24, 2.45) is 0 Å². The van der Waals surface area contributed by atoms with Crippen molar-refractivity contribution in [1.29, 1.82) is 0 Å². The number of carboxylic acids is 1. The average Bonchev–Trinajstić information content (AvgIpc) is 2.90. The van der Waals surface area contributed by atoms with Crippen molar-refractivity contribution < 1.29 is 9.90 Å². The lowest BCUT2D eigenvalue weighted by Crippen LogP contribution is -2.02. The molecule has 0 aliphatic carbocycles. The van der Waals surface area contributed by atoms with E-state index in [4.69, 9.17) is 5.11 Å². The van der Waals surface area contributed by atoms with Gasteiger partial charge in [-0.25, -0.2) is 9.48 Å². The largest absolute Gasteiger partial charge is 0.478 e. The first-order chi connectivity index (χ1) is 10.1. The first-order valence-electron chi connectivity index (χ1n) is 6.61. The van der Waals surface area contributed by atoms with E-state index in [9.17, 15) is 4.79 Å². The summed E-state index contributed by atoms with van der Waals surface area (Å²) in [6.07, 6.45) is 0. The highest BCUT2D eigenvalue weighted by atomic mass is 16.4. The van der Waals surface area contributed by atoms with Crippen LogP contribution in [0.3, 0.4) is 0 Å². The van der Waals surface area contributed by atoms with E-state index < -0.39 is 5.97 Å². The van der Waals surface area contributed by atoms with Crippen molar-refractivity contribution in [3.05, 3.63) is 71.9 Å². The summed E-state index contributed by atoms with van der Waals surface area (Å²) < 4.78 is 1.77. The Labute approximate surface area is 122 Å². The van der Waals surface area contributed by atoms with E-state index in [1.165, 1.54) is 0 Å². The molecule has 0 aliphatic rings. The number of nitrogens with zero attached hydrogens (tertiary/aromatic N) is 2. The minimum atomic E-state index is -0.943. The lowest BCUT2D eigenvalue weighted by Gasteiger charge is -2.08. The summed E-state index contributed by atoms with van der Waals surface area (Å²) in [5.41, 5.74) is 3.85. The first kappa shape index (κ1) is 13.1. The Morgan fingerprint density at radius 2 is 1.81 bits per heavy atom. The molecule has 1 heterocycles. The van der Waals surface area contributed by atoms with Crippen LogP contribution in [0.4, 0.5) is 0 Å². The summed E-state index contributed by atoms with van der Waals surface area (Å²) in [5.74, 6) is -0.943. The van der Waals surface area contributed by atoms with Crippen LogP contribution in [-0.2, 0) is 0 Å². The molecule has 4 nitrogen and oxygen atoms in total. The van der Waals surface area contributed by atoms with Gasteiger partial charge in [0.25, 0.3) is 0 Å². The first-order valence-corrected chi connectivity index (χ1v) is 6.61. The predicted octanol–water partition coefficient (Wildman–Crippen LogP) is 3.55. The fourth-order valence-electron chi connectivity index (χ4n) is 2.28. The number of aromatic nitrogens is 2. The molecule has 0 spiro atoms. The molecule has 4 heteroatoms. The molecule has 0 saturated carbocycles. The fraction of sp³-hybridized carbons (Fsp3) is 0.0588. The zero-order valence-electron chi connectivity index (χ0n) is 11.5. The van der Waals surface area contributed by atoms with E-state index in [1.54, 1.807) is 22.9 Å². The van der Waals surface area contributed by atoms with E-state index in [-0.39, 0.29) is 5.56 Å². The second-order valence-electron chi connectivity index (χ2n) is 4.80. The molecular formula is C17H14N2O2. The third kappa shape index (κ3) is 2.56. The molecule has 0 amide bonds. The summed E-state index contributed by atoms with van der Waals surface area (Å²) >= 11 is 0. The smallest absolute Gasteiger partial charge is 0.335 e. The van der Waals surface area contributed by atoms with Crippen molar-refractivity contribution in [1.82, 2.24) is 9.78 Å². The van der Waals surface area contributed by atoms with E-state index in [2.05, 4.69) is 5.10 Å². The highest BCUT2D eigenvalue weighted by molar-refractivity contribution is 5.88. The second kappa shape index (κ2) is 5.25. The molecule has 1 N–H and O–H groups in total. The van der Waals surface area contributed by atoms with Gasteiger partial charge in [0.15, 0.2) is 0 Å². The lowest BCUT2D eigenvalue weighted by molar-refractivity contribution is 0.0697. The van der Waals surface area contributed by atoms with Crippen LogP contribution in [0.25, 0.3) is 16.9 Å². The SMILES string of the molecule is Cc1cc(-c2ccccc2)n(-c2cccc(C(=O)O)c2)n1. The van der Waals surface area contributed by atoms with Crippen molar-refractivity contribution in [2.75, 3.05) is 0 Å². The molecule has 0 unspecified atom stereocenters. The Morgan fingerprint density at radius 1 is 1.05 bits per heavy atom. The standard InChI is InChI=1S/C17H14N2O2/c1-12-10-16(13-6-3-2-4-7-13)19(18-12)15-9-5-8-14(11-15)17(20)21/h2-11H,1H3,(H,20,21). The van der Waals surface area contributed by atoms with Gasteiger partial charge in [-0.3, -0.25) is 0 Å². The van der Waals surface area contributed by atoms with Gasteiger partial charge in [0.2, 0.25) is 0 Å². The molecule has 21 heavy (non-hydrogen) atoms. The molecule has 0 aliphatic heterocycles. The molecule has 0 fully saturated rings. The molecule has 0 bridgehead atoms. The Balaban J connectivity index is 2.15. The average molecular weight is 278 g/mol. The van der Waals surface area contributed by atoms with E-state index >= 15 is 0 Å². The minimum Gasteiger partial charge on any atom is -0.478 e. The van der Waals surface area contributed by atoms with Crippen LogP contribution in [0.15, 0.2) is 60.7 Å². The van der Waals surface area contributed by atoms with Crippen LogP contribution >= 0.6 is 0 Å². The number of aromatic carboxylic acids is 1. The maximum absolute atomic E-state index is 11.1. The van der Waals surface area contributed by atoms with Crippen LogP contribution in [-0.4, -0.2) is 20.9 Å². The lowest BCUT2D eigenvalue weighted by atomic mass is 10.1. The molecule has 2 aromatic carbocycles. The van der Waals surface area contributed by atoms with Crippen LogP contribution in [0.2, 0.25) is 0 Å². The summed E-state index contributed by atoms with van der Waals surface area (Å²) in [7, 11) is 0. The molecule has 1 aromatic heterocycles. The number of aryl methyl sites for hydroxylation is 1. The van der Waals surface area contributed by atoms with Crippen molar-refractivity contribution >= 4 is 5.97 Å². The molecular weight excluding hydrogens is 264 g/mol. The molecule has 0 saturated heterocycles. The monoisotopic (exact) mass is 278 g/mol. The van der Waals surface area contributed by atoms with Gasteiger partial charge in [-0.15, -0.1) is 0 Å². The summed E-state index contributed by atoms with van der Waals surface area (Å²) in [6, 6.07) is 18.7. The minimum absolute atomic E-state index is 0.250.